The maximum Gasteiger partial charge on any atom is 0.325 e. The van der Waals surface area contributed by atoms with E-state index in [9.17, 15) is 14.4 Å². The van der Waals surface area contributed by atoms with Crippen molar-refractivity contribution in [2.75, 3.05) is 13.6 Å². The van der Waals surface area contributed by atoms with E-state index in [1.54, 1.807) is 23.3 Å². The molecule has 0 saturated carbocycles. The Morgan fingerprint density at radius 2 is 2.07 bits per heavy atom. The molecule has 2 heterocycles. The van der Waals surface area contributed by atoms with Crippen molar-refractivity contribution in [2.24, 2.45) is 0 Å². The molecule has 0 bridgehead atoms. The van der Waals surface area contributed by atoms with Crippen LogP contribution in [0.1, 0.15) is 28.8 Å². The predicted octanol–water partition coefficient (Wildman–Crippen LogP) is 2.49. The number of rotatable bonds is 4. The SMILES string of the molecule is CN(Cc1cccs1)C(=O)CN1C(=O)NC2(CCCc3ccccc32)C1=O. The largest absolute Gasteiger partial charge is 0.339 e. The van der Waals surface area contributed by atoms with E-state index in [1.807, 2.05) is 41.8 Å². The minimum Gasteiger partial charge on any atom is -0.339 e. The van der Waals surface area contributed by atoms with Gasteiger partial charge in [0, 0.05) is 11.9 Å². The van der Waals surface area contributed by atoms with Crippen LogP contribution in [0.15, 0.2) is 41.8 Å². The number of carbonyl (C=O) groups is 3. The Morgan fingerprint density at radius 3 is 2.85 bits per heavy atom. The summed E-state index contributed by atoms with van der Waals surface area (Å²) in [6.07, 6.45) is 2.27. The fourth-order valence-electron chi connectivity index (χ4n) is 3.94. The Labute approximate surface area is 161 Å². The monoisotopic (exact) mass is 383 g/mol. The summed E-state index contributed by atoms with van der Waals surface area (Å²) in [7, 11) is 1.69. The van der Waals surface area contributed by atoms with Crippen LogP contribution < -0.4 is 5.32 Å². The maximum atomic E-state index is 13.2. The van der Waals surface area contributed by atoms with E-state index < -0.39 is 11.6 Å². The summed E-state index contributed by atoms with van der Waals surface area (Å²) < 4.78 is 0. The number of likely N-dealkylation sites (N-methyl/N-ethyl adjacent to an activating group) is 1. The van der Waals surface area contributed by atoms with E-state index in [-0.39, 0.29) is 18.4 Å². The summed E-state index contributed by atoms with van der Waals surface area (Å²) in [5.41, 5.74) is 0.912. The number of urea groups is 1. The van der Waals surface area contributed by atoms with E-state index in [2.05, 4.69) is 5.32 Å². The summed E-state index contributed by atoms with van der Waals surface area (Å²) in [5, 5.41) is 4.84. The summed E-state index contributed by atoms with van der Waals surface area (Å²) in [6.45, 7) is 0.227. The Balaban J connectivity index is 1.53. The molecule has 140 valence electrons. The third-order valence-corrected chi connectivity index (χ3v) is 6.20. The number of carbonyl (C=O) groups excluding carboxylic acids is 3. The second-order valence-corrected chi connectivity index (χ2v) is 8.10. The zero-order chi connectivity index (χ0) is 19.0. The first-order chi connectivity index (χ1) is 13.0. The van der Waals surface area contributed by atoms with Gasteiger partial charge in [0.25, 0.3) is 5.91 Å². The first kappa shape index (κ1) is 17.7. The lowest BCUT2D eigenvalue weighted by atomic mass is 9.76. The zero-order valence-corrected chi connectivity index (χ0v) is 15.9. The number of benzene rings is 1. The van der Waals surface area contributed by atoms with Gasteiger partial charge < -0.3 is 10.2 Å². The van der Waals surface area contributed by atoms with Crippen molar-refractivity contribution in [3.63, 3.8) is 0 Å². The predicted molar refractivity (Wildman–Crippen MR) is 102 cm³/mol. The fraction of sp³-hybridized carbons (Fsp3) is 0.350. The lowest BCUT2D eigenvalue weighted by Crippen LogP contribution is -2.47. The fourth-order valence-corrected chi connectivity index (χ4v) is 4.69. The molecule has 1 aliphatic heterocycles. The first-order valence-corrected chi connectivity index (χ1v) is 9.88. The van der Waals surface area contributed by atoms with Crippen molar-refractivity contribution >= 4 is 29.2 Å². The van der Waals surface area contributed by atoms with Crippen molar-refractivity contribution in [2.45, 2.75) is 31.3 Å². The van der Waals surface area contributed by atoms with Gasteiger partial charge in [0.2, 0.25) is 5.91 Å². The van der Waals surface area contributed by atoms with Gasteiger partial charge >= 0.3 is 6.03 Å². The number of aryl methyl sites for hydroxylation is 1. The Hall–Kier alpha value is -2.67. The molecule has 2 aliphatic rings. The van der Waals surface area contributed by atoms with Crippen LogP contribution in [0.4, 0.5) is 4.79 Å². The van der Waals surface area contributed by atoms with E-state index in [4.69, 9.17) is 0 Å². The van der Waals surface area contributed by atoms with Crippen LogP contribution in [0, 0.1) is 0 Å². The molecule has 7 heteroatoms. The highest BCUT2D eigenvalue weighted by Crippen LogP contribution is 2.39. The van der Waals surface area contributed by atoms with Gasteiger partial charge in [0.15, 0.2) is 0 Å². The van der Waals surface area contributed by atoms with Gasteiger partial charge in [-0.25, -0.2) is 4.79 Å². The van der Waals surface area contributed by atoms with E-state index in [0.29, 0.717) is 13.0 Å². The van der Waals surface area contributed by atoms with E-state index in [0.717, 1.165) is 33.7 Å². The Morgan fingerprint density at radius 1 is 1.26 bits per heavy atom. The van der Waals surface area contributed by atoms with Gasteiger partial charge in [-0.2, -0.15) is 0 Å². The second kappa shape index (κ2) is 6.81. The minimum atomic E-state index is -1.03. The second-order valence-electron chi connectivity index (χ2n) is 7.07. The lowest BCUT2D eigenvalue weighted by molar-refractivity contribution is -0.139. The molecule has 1 unspecified atom stereocenters. The molecular formula is C20H21N3O3S. The molecule has 1 saturated heterocycles. The highest BCUT2D eigenvalue weighted by atomic mass is 32.1. The van der Waals surface area contributed by atoms with Crippen LogP contribution in [0.25, 0.3) is 0 Å². The number of fused-ring (bicyclic) bond motifs is 2. The number of nitrogens with zero attached hydrogens (tertiary/aromatic N) is 2. The van der Waals surface area contributed by atoms with Crippen LogP contribution in [0.2, 0.25) is 0 Å². The average Bonchev–Trinajstić information content (AvgIpc) is 3.25. The number of amides is 4. The minimum absolute atomic E-state index is 0.240. The van der Waals surface area contributed by atoms with Crippen LogP contribution in [-0.2, 0) is 28.1 Å². The van der Waals surface area contributed by atoms with Crippen LogP contribution in [0.5, 0.6) is 0 Å². The van der Waals surface area contributed by atoms with Gasteiger partial charge in [-0.1, -0.05) is 30.3 Å². The van der Waals surface area contributed by atoms with E-state index in [1.165, 1.54) is 0 Å². The van der Waals surface area contributed by atoms with Crippen molar-refractivity contribution in [1.82, 2.24) is 15.1 Å². The highest BCUT2D eigenvalue weighted by Gasteiger charge is 2.54. The molecule has 1 fully saturated rings. The van der Waals surface area contributed by atoms with Gasteiger partial charge in [0.05, 0.1) is 6.54 Å². The lowest BCUT2D eigenvalue weighted by Gasteiger charge is -2.33. The molecule has 1 aliphatic carbocycles. The van der Waals surface area contributed by atoms with Crippen LogP contribution in [-0.4, -0.2) is 41.2 Å². The third-order valence-electron chi connectivity index (χ3n) is 5.34. The number of imide groups is 1. The quantitative estimate of drug-likeness (QED) is 0.825. The molecule has 27 heavy (non-hydrogen) atoms. The third kappa shape index (κ3) is 3.02. The molecule has 1 N–H and O–H groups in total. The van der Waals surface area contributed by atoms with Gasteiger partial charge in [-0.15, -0.1) is 11.3 Å². The van der Waals surface area contributed by atoms with Gasteiger partial charge in [-0.3, -0.25) is 14.5 Å². The maximum absolute atomic E-state index is 13.2. The molecule has 1 spiro atoms. The number of nitrogens with one attached hydrogen (secondary N) is 1. The van der Waals surface area contributed by atoms with Crippen molar-refractivity contribution in [3.05, 3.63) is 57.8 Å². The Bertz CT molecular complexity index is 896. The average molecular weight is 383 g/mol. The van der Waals surface area contributed by atoms with Crippen LogP contribution >= 0.6 is 11.3 Å². The summed E-state index contributed by atoms with van der Waals surface area (Å²) >= 11 is 1.57. The Kier molecular flexibility index (Phi) is 4.47. The zero-order valence-electron chi connectivity index (χ0n) is 15.1. The summed E-state index contributed by atoms with van der Waals surface area (Å²) in [6, 6.07) is 11.1. The smallest absolute Gasteiger partial charge is 0.325 e. The van der Waals surface area contributed by atoms with Crippen molar-refractivity contribution < 1.29 is 14.4 Å². The van der Waals surface area contributed by atoms with Gasteiger partial charge in [-0.05, 0) is 41.8 Å². The molecule has 1 aromatic carbocycles. The molecule has 4 amide bonds. The standard InChI is InChI=1S/C20H21N3O3S/c1-22(12-15-8-5-11-27-15)17(24)13-23-18(25)20(21-19(23)26)10-4-7-14-6-2-3-9-16(14)20/h2-3,5-6,8-9,11H,4,7,10,12-13H2,1H3,(H,21,26). The summed E-state index contributed by atoms with van der Waals surface area (Å²) in [5.74, 6) is -0.578. The van der Waals surface area contributed by atoms with Crippen molar-refractivity contribution in [1.29, 1.82) is 0 Å². The van der Waals surface area contributed by atoms with Gasteiger partial charge in [0.1, 0.15) is 12.1 Å². The molecule has 4 rings (SSSR count). The topological polar surface area (TPSA) is 69.7 Å². The summed E-state index contributed by atoms with van der Waals surface area (Å²) in [4.78, 5) is 42.0. The van der Waals surface area contributed by atoms with E-state index >= 15 is 0 Å². The molecule has 6 nitrogen and oxygen atoms in total. The molecule has 1 aromatic heterocycles. The number of hydrogen-bond acceptors (Lipinski definition) is 4. The molecular weight excluding hydrogens is 362 g/mol. The normalized spacial score (nSPS) is 21.3. The number of hydrogen-bond donors (Lipinski definition) is 1. The molecule has 2 aromatic rings. The molecule has 1 atom stereocenters. The van der Waals surface area contributed by atoms with Crippen LogP contribution in [0.3, 0.4) is 0 Å². The number of thiophene rings is 1. The first-order valence-electron chi connectivity index (χ1n) is 9.00. The molecule has 0 radical (unpaired) electrons. The highest BCUT2D eigenvalue weighted by molar-refractivity contribution is 7.09. The van der Waals surface area contributed by atoms with Crippen molar-refractivity contribution in [3.8, 4) is 0 Å².